The highest BCUT2D eigenvalue weighted by atomic mass is 19.2. The molecule has 0 amide bonds. The number of aromatic nitrogens is 1. The maximum absolute atomic E-state index is 14.8. The fourth-order valence-electron chi connectivity index (χ4n) is 6.51. The second-order valence-corrected chi connectivity index (χ2v) is 10.1. The van der Waals surface area contributed by atoms with Gasteiger partial charge in [0.15, 0.2) is 23.3 Å². The van der Waals surface area contributed by atoms with Crippen molar-refractivity contribution in [2.45, 2.75) is 44.9 Å². The average Bonchev–Trinajstić information content (AvgIpc) is 2.92. The summed E-state index contributed by atoms with van der Waals surface area (Å²) in [4.78, 5) is 4.36. The number of benzene rings is 2. The molecule has 3 fully saturated rings. The van der Waals surface area contributed by atoms with Gasteiger partial charge in [-0.2, -0.15) is 0 Å². The molecule has 3 aliphatic rings. The van der Waals surface area contributed by atoms with Gasteiger partial charge in [0.25, 0.3) is 0 Å². The average molecular weight is 508 g/mol. The summed E-state index contributed by atoms with van der Waals surface area (Å²) in [5.74, 6) is -8.50. The summed E-state index contributed by atoms with van der Waals surface area (Å²) in [5, 5.41) is 12.4. The molecule has 4 heterocycles. The molecule has 1 aromatic heterocycles. The second kappa shape index (κ2) is 9.27. The normalized spacial score (nSPS) is 26.4. The highest BCUT2D eigenvalue weighted by Gasteiger charge is 2.55. The standard InChI is InChI=1S/C27H28F5N2O2/c1-3-14-12-34(13-19-22(28)24(30)26(32)25(31)23(19)29)9-7-15(14)10-21(34)27(35)17-6-8-33-20-5-4-16(36-2)11-18(17)20/h4-6,8,11,14-15,21,27,35H,3,7,9-10,12-13H2,1-2H3/q+1/t14-,15-,21+,27-,34-/m0/s1. The van der Waals surface area contributed by atoms with Gasteiger partial charge < -0.3 is 14.3 Å². The molecule has 4 nitrogen and oxygen atoms in total. The summed E-state index contributed by atoms with van der Waals surface area (Å²) in [5.41, 5.74) is 0.431. The van der Waals surface area contributed by atoms with Crippen LogP contribution in [0.5, 0.6) is 5.75 Å². The van der Waals surface area contributed by atoms with Crippen molar-refractivity contribution in [3.8, 4) is 5.75 Å². The van der Waals surface area contributed by atoms with Crippen LogP contribution in [0.3, 0.4) is 0 Å². The van der Waals surface area contributed by atoms with Crippen LogP contribution in [-0.2, 0) is 6.54 Å². The quantitative estimate of drug-likeness (QED) is 0.198. The first-order valence-electron chi connectivity index (χ1n) is 12.2. The van der Waals surface area contributed by atoms with Crippen molar-refractivity contribution in [2.75, 3.05) is 20.2 Å². The van der Waals surface area contributed by atoms with Crippen LogP contribution in [0.4, 0.5) is 22.0 Å². The van der Waals surface area contributed by atoms with E-state index in [0.717, 1.165) is 12.8 Å². The first-order valence-corrected chi connectivity index (χ1v) is 12.2. The van der Waals surface area contributed by atoms with E-state index >= 15 is 0 Å². The number of halogens is 5. The Morgan fingerprint density at radius 3 is 2.42 bits per heavy atom. The van der Waals surface area contributed by atoms with Crippen LogP contribution in [0, 0.1) is 40.9 Å². The van der Waals surface area contributed by atoms with Crippen LogP contribution in [0.2, 0.25) is 0 Å². The Labute approximate surface area is 205 Å². The van der Waals surface area contributed by atoms with E-state index < -0.39 is 46.8 Å². The minimum atomic E-state index is -2.16. The van der Waals surface area contributed by atoms with Gasteiger partial charge in [-0.3, -0.25) is 4.98 Å². The number of hydrogen-bond donors (Lipinski definition) is 1. The molecule has 9 heteroatoms. The predicted molar refractivity (Wildman–Crippen MR) is 123 cm³/mol. The highest BCUT2D eigenvalue weighted by Crippen LogP contribution is 2.49. The summed E-state index contributed by atoms with van der Waals surface area (Å²) in [6.07, 6.45) is 2.74. The van der Waals surface area contributed by atoms with E-state index in [1.807, 2.05) is 6.92 Å². The third-order valence-electron chi connectivity index (χ3n) is 8.42. The summed E-state index contributed by atoms with van der Waals surface area (Å²) < 4.78 is 76.8. The molecule has 2 bridgehead atoms. The van der Waals surface area contributed by atoms with E-state index in [4.69, 9.17) is 4.74 Å². The monoisotopic (exact) mass is 507 g/mol. The topological polar surface area (TPSA) is 42.4 Å². The second-order valence-electron chi connectivity index (χ2n) is 10.1. The number of pyridine rings is 1. The maximum Gasteiger partial charge on any atom is 0.200 e. The molecule has 0 spiro atoms. The van der Waals surface area contributed by atoms with Crippen LogP contribution in [0.25, 0.3) is 10.9 Å². The number of fused-ring (bicyclic) bond motifs is 4. The molecule has 3 aliphatic heterocycles. The van der Waals surface area contributed by atoms with Gasteiger partial charge in [-0.25, -0.2) is 22.0 Å². The number of hydrogen-bond acceptors (Lipinski definition) is 3. The van der Waals surface area contributed by atoms with Gasteiger partial charge in [0.1, 0.15) is 24.4 Å². The zero-order valence-electron chi connectivity index (χ0n) is 20.1. The fourth-order valence-corrected chi connectivity index (χ4v) is 6.51. The molecule has 2 aromatic carbocycles. The number of aliphatic hydroxyl groups excluding tert-OH is 1. The number of nitrogens with zero attached hydrogens (tertiary/aromatic N) is 2. The van der Waals surface area contributed by atoms with Crippen LogP contribution in [0.15, 0.2) is 30.5 Å². The number of rotatable bonds is 6. The summed E-state index contributed by atoms with van der Waals surface area (Å²) in [6.45, 7) is 2.63. The Hall–Kier alpha value is -2.78. The molecular weight excluding hydrogens is 479 g/mol. The third kappa shape index (κ3) is 3.84. The number of methoxy groups -OCH3 is 1. The Kier molecular flexibility index (Phi) is 6.41. The molecule has 0 unspecified atom stereocenters. The molecule has 0 saturated carbocycles. The van der Waals surface area contributed by atoms with Crippen molar-refractivity contribution >= 4 is 10.9 Å². The first-order chi connectivity index (χ1) is 17.2. The largest absolute Gasteiger partial charge is 0.497 e. The van der Waals surface area contributed by atoms with Crippen molar-refractivity contribution in [1.29, 1.82) is 0 Å². The van der Waals surface area contributed by atoms with Crippen LogP contribution in [-0.4, -0.2) is 40.8 Å². The van der Waals surface area contributed by atoms with Gasteiger partial charge >= 0.3 is 0 Å². The lowest BCUT2D eigenvalue weighted by molar-refractivity contribution is -0.986. The number of quaternary nitrogens is 1. The highest BCUT2D eigenvalue weighted by molar-refractivity contribution is 5.83. The Bertz CT molecular complexity index is 1290. The smallest absolute Gasteiger partial charge is 0.200 e. The lowest BCUT2D eigenvalue weighted by Gasteiger charge is -2.58. The van der Waals surface area contributed by atoms with Gasteiger partial charge in [0, 0.05) is 30.3 Å². The van der Waals surface area contributed by atoms with Crippen LogP contribution >= 0.6 is 0 Å². The van der Waals surface area contributed by atoms with Gasteiger partial charge in [-0.1, -0.05) is 6.92 Å². The lowest BCUT2D eigenvalue weighted by Crippen LogP contribution is -2.67. The van der Waals surface area contributed by atoms with Crippen molar-refractivity contribution < 1.29 is 36.3 Å². The molecule has 0 aliphatic carbocycles. The molecule has 3 saturated heterocycles. The molecule has 3 aromatic rings. The zero-order chi connectivity index (χ0) is 25.8. The fraction of sp³-hybridized carbons (Fsp3) is 0.444. The lowest BCUT2D eigenvalue weighted by atomic mass is 9.70. The molecule has 0 radical (unpaired) electrons. The number of piperidine rings is 3. The van der Waals surface area contributed by atoms with Crippen molar-refractivity contribution in [1.82, 2.24) is 4.98 Å². The van der Waals surface area contributed by atoms with E-state index in [2.05, 4.69) is 4.98 Å². The van der Waals surface area contributed by atoms with Crippen molar-refractivity contribution in [2.24, 2.45) is 11.8 Å². The van der Waals surface area contributed by atoms with E-state index in [9.17, 15) is 27.1 Å². The van der Waals surface area contributed by atoms with Gasteiger partial charge in [0.05, 0.1) is 31.3 Å². The first kappa shape index (κ1) is 24.9. The van der Waals surface area contributed by atoms with E-state index in [-0.39, 0.29) is 16.9 Å². The third-order valence-corrected chi connectivity index (χ3v) is 8.42. The van der Waals surface area contributed by atoms with Gasteiger partial charge in [-0.05, 0) is 42.2 Å². The molecule has 1 N–H and O–H groups in total. The van der Waals surface area contributed by atoms with E-state index in [0.29, 0.717) is 47.6 Å². The SMILES string of the molecule is CC[C@H]1C[N@+]2(Cc3c(F)c(F)c(F)c(F)c3F)CC[C@H]1C[C@@H]2[C@@H](O)c1ccnc2ccc(OC)cc12. The van der Waals surface area contributed by atoms with Crippen LogP contribution < -0.4 is 4.74 Å². The summed E-state index contributed by atoms with van der Waals surface area (Å²) in [6, 6.07) is 6.55. The summed E-state index contributed by atoms with van der Waals surface area (Å²) in [7, 11) is 1.54. The maximum atomic E-state index is 14.8. The van der Waals surface area contributed by atoms with Gasteiger partial charge in [-0.15, -0.1) is 0 Å². The molecular formula is C27H28F5N2O2+. The van der Waals surface area contributed by atoms with Gasteiger partial charge in [0.2, 0.25) is 5.82 Å². The van der Waals surface area contributed by atoms with E-state index in [1.54, 1.807) is 30.5 Å². The summed E-state index contributed by atoms with van der Waals surface area (Å²) >= 11 is 0. The molecule has 36 heavy (non-hydrogen) atoms. The zero-order valence-corrected chi connectivity index (χ0v) is 20.1. The Morgan fingerprint density at radius 1 is 1.06 bits per heavy atom. The Morgan fingerprint density at radius 2 is 1.75 bits per heavy atom. The molecule has 6 rings (SSSR count). The predicted octanol–water partition coefficient (Wildman–Crippen LogP) is 5.81. The molecule has 192 valence electrons. The minimum Gasteiger partial charge on any atom is -0.497 e. The number of aliphatic hydroxyl groups is 1. The minimum absolute atomic E-state index is 0.0578. The number of ether oxygens (including phenoxy) is 1. The Balaban J connectivity index is 1.61. The van der Waals surface area contributed by atoms with Crippen LogP contribution in [0.1, 0.15) is 43.4 Å². The van der Waals surface area contributed by atoms with Crippen molar-refractivity contribution in [3.05, 3.63) is 70.7 Å². The van der Waals surface area contributed by atoms with E-state index in [1.165, 1.54) is 7.11 Å². The van der Waals surface area contributed by atoms with Crippen molar-refractivity contribution in [3.63, 3.8) is 0 Å². The molecule has 5 atom stereocenters.